The van der Waals surface area contributed by atoms with Crippen molar-refractivity contribution in [3.05, 3.63) is 12.2 Å². The van der Waals surface area contributed by atoms with Gasteiger partial charge in [0, 0.05) is 6.61 Å². The molecule has 0 heterocycles. The van der Waals surface area contributed by atoms with E-state index in [9.17, 15) is 10.2 Å². The number of fused-ring (bicyclic) bond motifs is 7. The zero-order chi connectivity index (χ0) is 28.3. The van der Waals surface area contributed by atoms with Gasteiger partial charge in [0.05, 0.1) is 19.3 Å². The molecule has 5 fully saturated rings. The van der Waals surface area contributed by atoms with Gasteiger partial charge in [-0.2, -0.15) is 0 Å². The van der Waals surface area contributed by atoms with E-state index in [0.29, 0.717) is 40.6 Å². The highest BCUT2D eigenvalue weighted by Gasteiger charge is 2.70. The molecule has 38 heavy (non-hydrogen) atoms. The van der Waals surface area contributed by atoms with Crippen molar-refractivity contribution in [3.8, 4) is 0 Å². The van der Waals surface area contributed by atoms with Crippen LogP contribution in [0.2, 0.25) is 0 Å². The Labute approximate surface area is 232 Å². The molecule has 5 saturated carbocycles. The summed E-state index contributed by atoms with van der Waals surface area (Å²) in [6.45, 7) is 19.0. The van der Waals surface area contributed by atoms with Crippen LogP contribution in [-0.2, 0) is 0 Å². The molecular formula is C33H58O5. The Morgan fingerprint density at radius 2 is 1.45 bits per heavy atom. The Morgan fingerprint density at radius 3 is 2.00 bits per heavy atom. The fourth-order valence-corrected chi connectivity index (χ4v) is 11.6. The number of rotatable bonds is 4. The zero-order valence-corrected chi connectivity index (χ0v) is 25.2. The van der Waals surface area contributed by atoms with Gasteiger partial charge in [0.2, 0.25) is 0 Å². The third kappa shape index (κ3) is 4.28. The van der Waals surface area contributed by atoms with Gasteiger partial charge in [-0.15, -0.1) is 0 Å². The van der Waals surface area contributed by atoms with E-state index in [2.05, 4.69) is 48.1 Å². The summed E-state index contributed by atoms with van der Waals surface area (Å²) in [7, 11) is 0. The van der Waals surface area contributed by atoms with E-state index in [1.807, 2.05) is 0 Å². The molecule has 5 aliphatic rings. The lowest BCUT2D eigenvalue weighted by Gasteiger charge is -2.73. The lowest BCUT2D eigenvalue weighted by Crippen LogP contribution is -2.66. The van der Waals surface area contributed by atoms with E-state index in [-0.39, 0.29) is 30.1 Å². The molecule has 0 saturated heterocycles. The Hall–Kier alpha value is -0.460. The minimum atomic E-state index is -0.954. The molecule has 0 aromatic heterocycles. The van der Waals surface area contributed by atoms with Crippen LogP contribution in [0.15, 0.2) is 12.2 Å². The normalized spacial score (nSPS) is 49.2. The molecule has 0 bridgehead atoms. The molecule has 0 aromatic carbocycles. The van der Waals surface area contributed by atoms with E-state index >= 15 is 0 Å². The quantitative estimate of drug-likeness (QED) is 0.314. The topological polar surface area (TPSA) is 101 Å². The maximum absolute atomic E-state index is 10.9. The minimum absolute atomic E-state index is 0.0290. The predicted octanol–water partition coefficient (Wildman–Crippen LogP) is 5.33. The van der Waals surface area contributed by atoms with Gasteiger partial charge < -0.3 is 25.5 Å². The molecule has 0 spiro atoms. The average molecular weight is 535 g/mol. The van der Waals surface area contributed by atoms with Gasteiger partial charge in [-0.1, -0.05) is 46.8 Å². The summed E-state index contributed by atoms with van der Waals surface area (Å²) >= 11 is 0. The smallest absolute Gasteiger partial charge is 0.100 e. The lowest BCUT2D eigenvalue weighted by atomic mass is 9.32. The fraction of sp³-hybridized carbons (Fsp3) is 0.939. The predicted molar refractivity (Wildman–Crippen MR) is 152 cm³/mol. The number of aliphatic hydroxyl groups is 5. The van der Waals surface area contributed by atoms with Crippen LogP contribution in [0.5, 0.6) is 0 Å². The number of aliphatic hydroxyl groups excluding tert-OH is 5. The van der Waals surface area contributed by atoms with Crippen molar-refractivity contribution in [2.75, 3.05) is 19.8 Å². The summed E-state index contributed by atoms with van der Waals surface area (Å²) in [6.07, 6.45) is 11.3. The summed E-state index contributed by atoms with van der Waals surface area (Å²) in [5, 5.41) is 45.6. The number of hydrogen-bond acceptors (Lipinski definition) is 5. The highest BCUT2D eigenvalue weighted by molar-refractivity contribution is 5.21. The molecule has 10 atom stereocenters. The van der Waals surface area contributed by atoms with Gasteiger partial charge in [0.25, 0.3) is 0 Å². The van der Waals surface area contributed by atoms with Gasteiger partial charge in [-0.3, -0.25) is 0 Å². The first-order chi connectivity index (χ1) is 17.7. The second-order valence-electron chi connectivity index (χ2n) is 15.6. The molecule has 0 unspecified atom stereocenters. The number of hydrogen-bond donors (Lipinski definition) is 5. The maximum atomic E-state index is 10.9. The SMILES string of the molecule is C=C(C)[C@@H]1CC[C@]2(CO)CC[C@]3(C)[C@H](CC[C@@H]4[C@@]5(C)CC[C@H](O)C(C)(C)[C@@H]5CC[C@]43C)[C@@H]12.OCC(O)CO. The molecular weight excluding hydrogens is 476 g/mol. The highest BCUT2D eigenvalue weighted by Crippen LogP contribution is 2.77. The van der Waals surface area contributed by atoms with Crippen LogP contribution in [0.3, 0.4) is 0 Å². The first-order valence-corrected chi connectivity index (χ1v) is 15.5. The largest absolute Gasteiger partial charge is 0.396 e. The van der Waals surface area contributed by atoms with Crippen molar-refractivity contribution < 1.29 is 25.5 Å². The summed E-state index contributed by atoms with van der Waals surface area (Å²) in [6, 6.07) is 0. The van der Waals surface area contributed by atoms with E-state index in [0.717, 1.165) is 18.3 Å². The molecule has 0 aromatic rings. The van der Waals surface area contributed by atoms with Crippen molar-refractivity contribution in [1.82, 2.24) is 0 Å². The van der Waals surface area contributed by atoms with Crippen LogP contribution in [0.4, 0.5) is 0 Å². The second kappa shape index (κ2) is 10.4. The Kier molecular flexibility index (Phi) is 8.37. The third-order valence-corrected chi connectivity index (χ3v) is 14.0. The van der Waals surface area contributed by atoms with E-state index in [1.165, 1.54) is 63.4 Å². The van der Waals surface area contributed by atoms with Crippen molar-refractivity contribution in [2.24, 2.45) is 56.7 Å². The van der Waals surface area contributed by atoms with Gasteiger partial charge in [-0.05, 0) is 128 Å². The highest BCUT2D eigenvalue weighted by atomic mass is 16.3. The monoisotopic (exact) mass is 534 g/mol. The third-order valence-electron chi connectivity index (χ3n) is 14.0. The summed E-state index contributed by atoms with van der Waals surface area (Å²) < 4.78 is 0. The van der Waals surface area contributed by atoms with Crippen LogP contribution in [0.25, 0.3) is 0 Å². The molecule has 220 valence electrons. The Morgan fingerprint density at radius 1 is 0.789 bits per heavy atom. The maximum Gasteiger partial charge on any atom is 0.100 e. The van der Waals surface area contributed by atoms with E-state index < -0.39 is 6.10 Å². The molecule has 0 radical (unpaired) electrons. The molecule has 5 N–H and O–H groups in total. The summed E-state index contributed by atoms with van der Waals surface area (Å²) in [4.78, 5) is 0. The van der Waals surface area contributed by atoms with Crippen LogP contribution < -0.4 is 0 Å². The van der Waals surface area contributed by atoms with Gasteiger partial charge >= 0.3 is 0 Å². The van der Waals surface area contributed by atoms with Crippen LogP contribution in [0.1, 0.15) is 106 Å². The first-order valence-electron chi connectivity index (χ1n) is 15.5. The summed E-state index contributed by atoms with van der Waals surface area (Å²) in [5.74, 6) is 3.33. The van der Waals surface area contributed by atoms with E-state index in [4.69, 9.17) is 15.3 Å². The Bertz CT molecular complexity index is 867. The van der Waals surface area contributed by atoms with Gasteiger partial charge in [-0.25, -0.2) is 0 Å². The van der Waals surface area contributed by atoms with Crippen molar-refractivity contribution in [2.45, 2.75) is 118 Å². The second-order valence-corrected chi connectivity index (χ2v) is 15.6. The lowest BCUT2D eigenvalue weighted by molar-refractivity contribution is -0.249. The minimum Gasteiger partial charge on any atom is -0.396 e. The van der Waals surface area contributed by atoms with Crippen molar-refractivity contribution in [3.63, 3.8) is 0 Å². The summed E-state index contributed by atoms with van der Waals surface area (Å²) in [5.41, 5.74) is 2.60. The van der Waals surface area contributed by atoms with Gasteiger partial charge in [0.15, 0.2) is 0 Å². The Balaban J connectivity index is 0.000000505. The standard InChI is InChI=1S/C30H50O2.C3H8O3/c1-19(2)20-10-15-30(18-31)17-16-28(6)21(25(20)30)8-9-23-27(5)13-12-24(32)26(3,4)22(27)11-14-29(23,28)7;4-1-3(6)2-5/h20-25,31-32H,1,8-18H2,2-7H3;3-6H,1-2H2/t20-,21+,22-,23+,24-,25+,27-,28+,29+,30+;/m0./s1. The van der Waals surface area contributed by atoms with Crippen LogP contribution in [0, 0.1) is 56.7 Å². The first kappa shape index (κ1) is 30.5. The van der Waals surface area contributed by atoms with Crippen LogP contribution >= 0.6 is 0 Å². The van der Waals surface area contributed by atoms with Crippen molar-refractivity contribution in [1.29, 1.82) is 0 Å². The van der Waals surface area contributed by atoms with Gasteiger partial charge in [0.1, 0.15) is 6.10 Å². The number of allylic oxidation sites excluding steroid dienone is 1. The molecule has 5 heteroatoms. The molecule has 5 aliphatic carbocycles. The van der Waals surface area contributed by atoms with E-state index in [1.54, 1.807) is 0 Å². The molecule has 5 nitrogen and oxygen atoms in total. The molecule has 0 amide bonds. The molecule has 0 aliphatic heterocycles. The molecule has 5 rings (SSSR count). The average Bonchev–Trinajstić information content (AvgIpc) is 3.27. The van der Waals surface area contributed by atoms with Crippen molar-refractivity contribution >= 4 is 0 Å². The fourth-order valence-electron chi connectivity index (χ4n) is 11.6. The zero-order valence-electron chi connectivity index (χ0n) is 25.2. The van der Waals surface area contributed by atoms with Crippen LogP contribution in [-0.4, -0.2) is 57.6 Å².